The van der Waals surface area contributed by atoms with Crippen LogP contribution in [0.5, 0.6) is 0 Å². The second kappa shape index (κ2) is 7.50. The van der Waals surface area contributed by atoms with Gasteiger partial charge in [-0.3, -0.25) is 9.69 Å². The molecule has 6 heteroatoms. The number of amides is 1. The van der Waals surface area contributed by atoms with Crippen LogP contribution in [0.2, 0.25) is 0 Å². The molecule has 2 aliphatic rings. The molecule has 0 unspecified atom stereocenters. The van der Waals surface area contributed by atoms with Crippen LogP contribution < -0.4 is 0 Å². The number of benzene rings is 1. The zero-order chi connectivity index (χ0) is 17.2. The predicted molar refractivity (Wildman–Crippen MR) is 94.2 cm³/mol. The van der Waals surface area contributed by atoms with E-state index in [1.807, 2.05) is 6.07 Å². The monoisotopic (exact) mass is 398 g/mol. The molecule has 0 saturated carbocycles. The van der Waals surface area contributed by atoms with Crippen LogP contribution in [0.25, 0.3) is 0 Å². The van der Waals surface area contributed by atoms with E-state index in [-0.39, 0.29) is 17.3 Å². The number of carbonyl (C=O) groups is 1. The maximum absolute atomic E-state index is 13.3. The lowest BCUT2D eigenvalue weighted by atomic mass is 9.84. The van der Waals surface area contributed by atoms with Crippen molar-refractivity contribution in [2.24, 2.45) is 0 Å². The Kier molecular flexibility index (Phi) is 5.57. The molecule has 1 aromatic rings. The molecule has 4 nitrogen and oxygen atoms in total. The van der Waals surface area contributed by atoms with Crippen LogP contribution >= 0.6 is 15.9 Å². The molecule has 0 aromatic heterocycles. The van der Waals surface area contributed by atoms with Crippen LogP contribution in [-0.4, -0.2) is 54.1 Å². The van der Waals surface area contributed by atoms with Gasteiger partial charge in [0, 0.05) is 56.3 Å². The summed E-state index contributed by atoms with van der Waals surface area (Å²) in [4.78, 5) is 16.6. The quantitative estimate of drug-likeness (QED) is 0.766. The van der Waals surface area contributed by atoms with Crippen molar-refractivity contribution >= 4 is 21.8 Å². The fraction of sp³-hybridized carbons (Fsp3) is 0.611. The fourth-order valence-corrected chi connectivity index (χ4v) is 4.38. The average Bonchev–Trinajstić information content (AvgIpc) is 2.71. The van der Waals surface area contributed by atoms with Crippen molar-refractivity contribution in [3.63, 3.8) is 0 Å². The Balaban J connectivity index is 1.73. The third-order valence-corrected chi connectivity index (χ3v) is 6.06. The molecule has 1 amide bonds. The van der Waals surface area contributed by atoms with Crippen molar-refractivity contribution in [3.8, 4) is 0 Å². The number of hydrogen-bond acceptors (Lipinski definition) is 3. The largest absolute Gasteiger partial charge is 0.381 e. The molecule has 2 heterocycles. The summed E-state index contributed by atoms with van der Waals surface area (Å²) >= 11 is 3.45. The molecule has 2 saturated heterocycles. The van der Waals surface area contributed by atoms with Gasteiger partial charge in [0.1, 0.15) is 5.82 Å². The molecule has 1 aromatic carbocycles. The second-order valence-corrected chi connectivity index (χ2v) is 7.62. The Hall–Kier alpha value is -0.980. The van der Waals surface area contributed by atoms with Gasteiger partial charge in [-0.05, 0) is 37.0 Å². The number of ether oxygens (including phenoxy) is 1. The first-order valence-electron chi connectivity index (χ1n) is 8.52. The van der Waals surface area contributed by atoms with E-state index in [9.17, 15) is 9.18 Å². The molecule has 0 radical (unpaired) electrons. The van der Waals surface area contributed by atoms with Crippen molar-refractivity contribution in [1.82, 2.24) is 9.80 Å². The van der Waals surface area contributed by atoms with E-state index in [4.69, 9.17) is 4.74 Å². The van der Waals surface area contributed by atoms with Crippen molar-refractivity contribution in [2.45, 2.75) is 38.3 Å². The third kappa shape index (κ3) is 3.81. The number of rotatable bonds is 2. The highest BCUT2D eigenvalue weighted by molar-refractivity contribution is 9.10. The Labute approximate surface area is 151 Å². The normalized spacial score (nSPS) is 21.7. The molecule has 132 valence electrons. The lowest BCUT2D eigenvalue weighted by Gasteiger charge is -2.45. The van der Waals surface area contributed by atoms with Crippen molar-refractivity contribution < 1.29 is 13.9 Å². The van der Waals surface area contributed by atoms with Gasteiger partial charge in [-0.2, -0.15) is 0 Å². The third-order valence-electron chi connectivity index (χ3n) is 5.32. The Bertz CT molecular complexity index is 605. The predicted octanol–water partition coefficient (Wildman–Crippen LogP) is 3.19. The average molecular weight is 399 g/mol. The summed E-state index contributed by atoms with van der Waals surface area (Å²) in [6, 6.07) is 4.84. The van der Waals surface area contributed by atoms with E-state index in [1.54, 1.807) is 6.92 Å². The van der Waals surface area contributed by atoms with Gasteiger partial charge in [-0.25, -0.2) is 4.39 Å². The summed E-state index contributed by atoms with van der Waals surface area (Å²) < 4.78 is 19.6. The summed E-state index contributed by atoms with van der Waals surface area (Å²) in [7, 11) is 0. The molecule has 0 bridgehead atoms. The molecule has 1 spiro atoms. The molecule has 0 aliphatic carbocycles. The van der Waals surface area contributed by atoms with E-state index in [2.05, 4.69) is 25.7 Å². The van der Waals surface area contributed by atoms with Gasteiger partial charge in [0.05, 0.1) is 0 Å². The Morgan fingerprint density at radius 1 is 1.25 bits per heavy atom. The number of halogens is 2. The number of hydrogen-bond donors (Lipinski definition) is 0. The Morgan fingerprint density at radius 2 is 2.00 bits per heavy atom. The lowest BCUT2D eigenvalue weighted by Crippen LogP contribution is -2.54. The minimum Gasteiger partial charge on any atom is -0.381 e. The van der Waals surface area contributed by atoms with E-state index >= 15 is 0 Å². The summed E-state index contributed by atoms with van der Waals surface area (Å²) in [6.45, 7) is 6.41. The lowest BCUT2D eigenvalue weighted by molar-refractivity contribution is -0.139. The van der Waals surface area contributed by atoms with Gasteiger partial charge in [-0.1, -0.05) is 22.0 Å². The van der Waals surface area contributed by atoms with E-state index in [0.717, 1.165) is 68.7 Å². The Morgan fingerprint density at radius 3 is 2.67 bits per heavy atom. The summed E-state index contributed by atoms with van der Waals surface area (Å²) in [5.74, 6) is -0.0767. The highest BCUT2D eigenvalue weighted by atomic mass is 79.9. The first-order valence-corrected chi connectivity index (χ1v) is 9.32. The molecular weight excluding hydrogens is 375 g/mol. The van der Waals surface area contributed by atoms with E-state index in [0.29, 0.717) is 0 Å². The maximum Gasteiger partial charge on any atom is 0.219 e. The minimum absolute atomic E-state index is 0.0567. The van der Waals surface area contributed by atoms with Crippen LogP contribution in [0.3, 0.4) is 0 Å². The standard InChI is InChI=1S/C18H24BrFN2O2/c1-14(23)22-9-8-21(7-4-18(22)5-10-24-11-6-18)13-15-2-3-16(20)12-17(15)19/h2-3,12H,4-11,13H2,1H3. The van der Waals surface area contributed by atoms with Gasteiger partial charge in [-0.15, -0.1) is 0 Å². The van der Waals surface area contributed by atoms with Gasteiger partial charge in [0.25, 0.3) is 0 Å². The first-order chi connectivity index (χ1) is 11.5. The van der Waals surface area contributed by atoms with Gasteiger partial charge >= 0.3 is 0 Å². The van der Waals surface area contributed by atoms with Crippen LogP contribution in [0.1, 0.15) is 31.7 Å². The van der Waals surface area contributed by atoms with E-state index < -0.39 is 0 Å². The second-order valence-electron chi connectivity index (χ2n) is 6.77. The van der Waals surface area contributed by atoms with Crippen molar-refractivity contribution in [3.05, 3.63) is 34.1 Å². The summed E-state index contributed by atoms with van der Waals surface area (Å²) in [5.41, 5.74) is 1.02. The van der Waals surface area contributed by atoms with Gasteiger partial charge in [0.15, 0.2) is 0 Å². The zero-order valence-corrected chi connectivity index (χ0v) is 15.6. The fourth-order valence-electron chi connectivity index (χ4n) is 3.90. The van der Waals surface area contributed by atoms with Crippen LogP contribution in [0.4, 0.5) is 4.39 Å². The molecule has 24 heavy (non-hydrogen) atoms. The van der Waals surface area contributed by atoms with E-state index in [1.165, 1.54) is 12.1 Å². The summed E-state index contributed by atoms with van der Waals surface area (Å²) in [5, 5.41) is 0. The summed E-state index contributed by atoms with van der Waals surface area (Å²) in [6.07, 6.45) is 2.80. The molecule has 2 aliphatic heterocycles. The van der Waals surface area contributed by atoms with Crippen LogP contribution in [-0.2, 0) is 16.1 Å². The number of nitrogens with zero attached hydrogens (tertiary/aromatic N) is 2. The number of carbonyl (C=O) groups excluding carboxylic acids is 1. The molecule has 2 fully saturated rings. The van der Waals surface area contributed by atoms with Gasteiger partial charge in [0.2, 0.25) is 5.91 Å². The van der Waals surface area contributed by atoms with Gasteiger partial charge < -0.3 is 9.64 Å². The molecule has 3 rings (SSSR count). The van der Waals surface area contributed by atoms with Crippen molar-refractivity contribution in [2.75, 3.05) is 32.8 Å². The zero-order valence-electron chi connectivity index (χ0n) is 14.1. The molecule has 0 atom stereocenters. The molecule has 0 N–H and O–H groups in total. The molecular formula is C18H24BrFN2O2. The highest BCUT2D eigenvalue weighted by Gasteiger charge is 2.41. The topological polar surface area (TPSA) is 32.8 Å². The smallest absolute Gasteiger partial charge is 0.219 e. The van der Waals surface area contributed by atoms with Crippen molar-refractivity contribution in [1.29, 1.82) is 0 Å². The van der Waals surface area contributed by atoms with Crippen LogP contribution in [0.15, 0.2) is 22.7 Å². The highest BCUT2D eigenvalue weighted by Crippen LogP contribution is 2.34. The minimum atomic E-state index is -0.231. The maximum atomic E-state index is 13.3. The van der Waals surface area contributed by atoms with Crippen LogP contribution in [0, 0.1) is 5.82 Å². The SMILES string of the molecule is CC(=O)N1CCN(Cc2ccc(F)cc2Br)CCC12CCOCC2. The first kappa shape index (κ1) is 17.8.